The number of fused-ring (bicyclic) bond motifs is 1. The van der Waals surface area contributed by atoms with Gasteiger partial charge in [0.15, 0.2) is 0 Å². The third kappa shape index (κ3) is 3.31. The molecular weight excluding hydrogens is 358 g/mol. The first-order chi connectivity index (χ1) is 13.0. The van der Waals surface area contributed by atoms with Crippen molar-refractivity contribution in [1.29, 1.82) is 0 Å². The van der Waals surface area contributed by atoms with Gasteiger partial charge in [0.1, 0.15) is 0 Å². The summed E-state index contributed by atoms with van der Waals surface area (Å²) in [5.74, 6) is 2.14. The molecule has 0 unspecified atom stereocenters. The summed E-state index contributed by atoms with van der Waals surface area (Å²) in [7, 11) is 0. The zero-order chi connectivity index (χ0) is 18.6. The predicted octanol–water partition coefficient (Wildman–Crippen LogP) is 3.46. The van der Waals surface area contributed by atoms with E-state index in [-0.39, 0.29) is 30.1 Å². The summed E-state index contributed by atoms with van der Waals surface area (Å²) in [6, 6.07) is 2.11. The van der Waals surface area contributed by atoms with Crippen molar-refractivity contribution in [2.45, 2.75) is 63.5 Å². The van der Waals surface area contributed by atoms with Crippen LogP contribution in [0.3, 0.4) is 0 Å². The Morgan fingerprint density at radius 1 is 1.19 bits per heavy atom. The van der Waals surface area contributed by atoms with E-state index in [0.29, 0.717) is 0 Å². The molecule has 5 aliphatic rings. The van der Waals surface area contributed by atoms with Gasteiger partial charge >= 0.3 is 6.03 Å². The van der Waals surface area contributed by atoms with Crippen LogP contribution in [0.25, 0.3) is 0 Å². The SMILES string of the molecule is C[C@H]1c2ccsc2CCN1CC(=O)NC(=O)NC12CC3CC(CC(C3)C1)C2. The second kappa shape index (κ2) is 6.59. The lowest BCUT2D eigenvalue weighted by atomic mass is 9.53. The molecule has 2 heterocycles. The Morgan fingerprint density at radius 2 is 1.85 bits per heavy atom. The van der Waals surface area contributed by atoms with Crippen molar-refractivity contribution >= 4 is 23.3 Å². The van der Waals surface area contributed by atoms with E-state index in [9.17, 15) is 9.59 Å². The van der Waals surface area contributed by atoms with Gasteiger partial charge in [-0.05, 0) is 86.6 Å². The smallest absolute Gasteiger partial charge is 0.321 e. The van der Waals surface area contributed by atoms with Gasteiger partial charge in [-0.25, -0.2) is 4.79 Å². The second-order valence-corrected chi connectivity index (χ2v) is 10.4. The molecule has 0 saturated heterocycles. The molecule has 6 heteroatoms. The summed E-state index contributed by atoms with van der Waals surface area (Å²) in [5.41, 5.74) is 1.28. The van der Waals surface area contributed by atoms with Crippen LogP contribution in [0.5, 0.6) is 0 Å². The molecule has 1 aromatic heterocycles. The van der Waals surface area contributed by atoms with Crippen LogP contribution in [-0.4, -0.2) is 35.5 Å². The standard InChI is InChI=1S/C21H29N3O2S/c1-13-17-3-5-27-18(17)2-4-24(13)12-19(25)22-20(26)23-21-9-14-6-15(10-21)8-16(7-14)11-21/h3,5,13-16H,2,4,6-12H2,1H3,(H2,22,23,25,26)/t13-,14?,15?,16?,21?/m0/s1. The van der Waals surface area contributed by atoms with E-state index < -0.39 is 0 Å². The Balaban J connectivity index is 1.17. The molecule has 2 N–H and O–H groups in total. The molecule has 4 fully saturated rings. The number of amides is 3. The fourth-order valence-electron chi connectivity index (χ4n) is 6.66. The van der Waals surface area contributed by atoms with E-state index in [1.165, 1.54) is 29.7 Å². The van der Waals surface area contributed by atoms with E-state index >= 15 is 0 Å². The number of urea groups is 1. The number of rotatable bonds is 3. The first kappa shape index (κ1) is 17.7. The average Bonchev–Trinajstić information content (AvgIpc) is 3.05. The van der Waals surface area contributed by atoms with Gasteiger partial charge in [-0.1, -0.05) is 0 Å². The summed E-state index contributed by atoms with van der Waals surface area (Å²) < 4.78 is 0. The minimum Gasteiger partial charge on any atom is -0.332 e. The minimum absolute atomic E-state index is 0.0525. The Morgan fingerprint density at radius 3 is 2.52 bits per heavy atom. The molecule has 3 amide bonds. The number of carbonyl (C=O) groups is 2. The maximum atomic E-state index is 12.6. The van der Waals surface area contributed by atoms with Crippen molar-refractivity contribution in [3.63, 3.8) is 0 Å². The molecule has 6 rings (SSSR count). The number of imide groups is 1. The molecule has 4 saturated carbocycles. The van der Waals surface area contributed by atoms with Crippen LogP contribution in [-0.2, 0) is 11.2 Å². The molecule has 146 valence electrons. The summed E-state index contributed by atoms with van der Waals surface area (Å²) in [6.45, 7) is 3.30. The zero-order valence-electron chi connectivity index (χ0n) is 16.0. The highest BCUT2D eigenvalue weighted by atomic mass is 32.1. The number of nitrogens with one attached hydrogen (secondary N) is 2. The van der Waals surface area contributed by atoms with Gasteiger partial charge in [-0.3, -0.25) is 15.0 Å². The molecule has 0 aromatic carbocycles. The van der Waals surface area contributed by atoms with Crippen molar-refractivity contribution in [1.82, 2.24) is 15.5 Å². The topological polar surface area (TPSA) is 61.4 Å². The molecule has 0 spiro atoms. The lowest BCUT2D eigenvalue weighted by molar-refractivity contribution is -0.121. The molecule has 1 aliphatic heterocycles. The number of carbonyl (C=O) groups excluding carboxylic acids is 2. The fourth-order valence-corrected chi connectivity index (χ4v) is 7.63. The molecule has 1 aromatic rings. The van der Waals surface area contributed by atoms with Gasteiger partial charge in [-0.2, -0.15) is 0 Å². The molecule has 4 aliphatic carbocycles. The molecule has 27 heavy (non-hydrogen) atoms. The molecule has 0 radical (unpaired) electrons. The normalized spacial score (nSPS) is 37.1. The molecule has 1 atom stereocenters. The van der Waals surface area contributed by atoms with Crippen LogP contribution >= 0.6 is 11.3 Å². The number of hydrogen-bond acceptors (Lipinski definition) is 4. The summed E-state index contributed by atoms with van der Waals surface area (Å²) >= 11 is 1.80. The summed E-state index contributed by atoms with van der Waals surface area (Å²) in [4.78, 5) is 28.6. The maximum absolute atomic E-state index is 12.6. The first-order valence-electron chi connectivity index (χ1n) is 10.4. The number of thiophene rings is 1. The van der Waals surface area contributed by atoms with Crippen LogP contribution < -0.4 is 10.6 Å². The van der Waals surface area contributed by atoms with E-state index in [0.717, 1.165) is 50.0 Å². The van der Waals surface area contributed by atoms with E-state index in [1.54, 1.807) is 11.3 Å². The van der Waals surface area contributed by atoms with Crippen molar-refractivity contribution in [3.8, 4) is 0 Å². The van der Waals surface area contributed by atoms with Crippen LogP contribution in [0, 0.1) is 17.8 Å². The highest BCUT2D eigenvalue weighted by molar-refractivity contribution is 7.10. The van der Waals surface area contributed by atoms with Gasteiger partial charge < -0.3 is 5.32 Å². The first-order valence-corrected chi connectivity index (χ1v) is 11.3. The molecular formula is C21H29N3O2S. The van der Waals surface area contributed by atoms with Crippen molar-refractivity contribution < 1.29 is 9.59 Å². The average molecular weight is 388 g/mol. The van der Waals surface area contributed by atoms with E-state index in [4.69, 9.17) is 0 Å². The number of hydrogen-bond donors (Lipinski definition) is 2. The second-order valence-electron chi connectivity index (χ2n) is 9.40. The minimum atomic E-state index is -0.289. The van der Waals surface area contributed by atoms with E-state index in [1.807, 2.05) is 0 Å². The highest BCUT2D eigenvalue weighted by Gasteiger charge is 2.51. The van der Waals surface area contributed by atoms with Crippen LogP contribution in [0.15, 0.2) is 11.4 Å². The molecule has 4 bridgehead atoms. The predicted molar refractivity (Wildman–Crippen MR) is 106 cm³/mol. The third-order valence-corrected chi connectivity index (χ3v) is 8.42. The van der Waals surface area contributed by atoms with Crippen LogP contribution in [0.4, 0.5) is 4.79 Å². The van der Waals surface area contributed by atoms with Crippen LogP contribution in [0.1, 0.15) is 61.9 Å². The van der Waals surface area contributed by atoms with Gasteiger partial charge in [0.25, 0.3) is 0 Å². The van der Waals surface area contributed by atoms with Crippen molar-refractivity contribution in [3.05, 3.63) is 21.9 Å². The van der Waals surface area contributed by atoms with Crippen LogP contribution in [0.2, 0.25) is 0 Å². The zero-order valence-corrected chi connectivity index (χ0v) is 16.8. The van der Waals surface area contributed by atoms with Gasteiger partial charge in [0, 0.05) is 23.0 Å². The number of nitrogens with zero attached hydrogens (tertiary/aromatic N) is 1. The van der Waals surface area contributed by atoms with Gasteiger partial charge in [-0.15, -0.1) is 11.3 Å². The largest absolute Gasteiger partial charge is 0.332 e. The Kier molecular flexibility index (Phi) is 4.32. The fraction of sp³-hybridized carbons (Fsp3) is 0.714. The summed E-state index contributed by atoms with van der Waals surface area (Å²) in [6.07, 6.45) is 8.33. The summed E-state index contributed by atoms with van der Waals surface area (Å²) in [5, 5.41) is 7.97. The maximum Gasteiger partial charge on any atom is 0.321 e. The quantitative estimate of drug-likeness (QED) is 0.835. The monoisotopic (exact) mass is 387 g/mol. The lowest BCUT2D eigenvalue weighted by Crippen LogP contribution is -2.62. The Bertz CT molecular complexity index is 723. The van der Waals surface area contributed by atoms with Gasteiger partial charge in [0.05, 0.1) is 6.54 Å². The van der Waals surface area contributed by atoms with Gasteiger partial charge in [0.2, 0.25) is 5.91 Å². The third-order valence-electron chi connectivity index (χ3n) is 7.42. The van der Waals surface area contributed by atoms with Crippen molar-refractivity contribution in [2.75, 3.05) is 13.1 Å². The highest BCUT2D eigenvalue weighted by Crippen LogP contribution is 2.55. The lowest BCUT2D eigenvalue weighted by Gasteiger charge is -2.56. The molecule has 5 nitrogen and oxygen atoms in total. The Hall–Kier alpha value is -1.40. The Labute approximate surface area is 164 Å². The van der Waals surface area contributed by atoms with E-state index in [2.05, 4.69) is 33.9 Å². The van der Waals surface area contributed by atoms with Crippen molar-refractivity contribution in [2.24, 2.45) is 17.8 Å².